The molecule has 0 aliphatic rings. The van der Waals surface area contributed by atoms with Crippen molar-refractivity contribution in [2.24, 2.45) is 5.41 Å². The van der Waals surface area contributed by atoms with Gasteiger partial charge in [-0.1, -0.05) is 123 Å². The van der Waals surface area contributed by atoms with Crippen LogP contribution in [0.4, 0.5) is 0 Å². The average molecular weight is 323 g/mol. The van der Waals surface area contributed by atoms with Crippen molar-refractivity contribution in [2.75, 3.05) is 0 Å². The zero-order valence-electron chi connectivity index (χ0n) is 16.8. The Labute approximate surface area is 148 Å². The molecule has 23 heavy (non-hydrogen) atoms. The van der Waals surface area contributed by atoms with Gasteiger partial charge in [-0.3, -0.25) is 0 Å². The fraction of sp³-hybridized carbons (Fsp3) is 0.913. The Morgan fingerprint density at radius 2 is 0.957 bits per heavy atom. The van der Waals surface area contributed by atoms with Crippen molar-refractivity contribution in [3.63, 3.8) is 0 Å². The van der Waals surface area contributed by atoms with E-state index in [-0.39, 0.29) is 0 Å². The second-order valence-electron chi connectivity index (χ2n) is 8.36. The molecule has 0 fully saturated rings. The Morgan fingerprint density at radius 3 is 1.30 bits per heavy atom. The summed E-state index contributed by atoms with van der Waals surface area (Å²) >= 11 is 0. The van der Waals surface area contributed by atoms with Crippen molar-refractivity contribution < 1.29 is 0 Å². The average Bonchev–Trinajstić information content (AvgIpc) is 2.51. The number of allylic oxidation sites excluding steroid dienone is 1. The van der Waals surface area contributed by atoms with Gasteiger partial charge in [0.15, 0.2) is 0 Å². The molecular formula is C23H46. The zero-order valence-corrected chi connectivity index (χ0v) is 16.8. The topological polar surface area (TPSA) is 0 Å². The second-order valence-corrected chi connectivity index (χ2v) is 8.36. The molecule has 138 valence electrons. The van der Waals surface area contributed by atoms with E-state index in [1.54, 1.807) is 0 Å². The first kappa shape index (κ1) is 22.7. The van der Waals surface area contributed by atoms with E-state index in [1.807, 2.05) is 0 Å². The summed E-state index contributed by atoms with van der Waals surface area (Å²) in [4.78, 5) is 0. The van der Waals surface area contributed by atoms with Crippen LogP contribution in [0.5, 0.6) is 0 Å². The molecule has 0 spiro atoms. The monoisotopic (exact) mass is 322 g/mol. The van der Waals surface area contributed by atoms with Crippen LogP contribution in [0.3, 0.4) is 0 Å². The minimum atomic E-state index is 0.471. The summed E-state index contributed by atoms with van der Waals surface area (Å²) in [6.07, 6.45) is 26.4. The zero-order chi connectivity index (χ0) is 17.2. The van der Waals surface area contributed by atoms with Crippen LogP contribution >= 0.6 is 0 Å². The maximum absolute atomic E-state index is 3.87. The third-order valence-corrected chi connectivity index (χ3v) is 5.15. The van der Waals surface area contributed by atoms with E-state index in [0.29, 0.717) is 5.41 Å². The minimum absolute atomic E-state index is 0.471. The molecule has 0 heterocycles. The molecule has 0 saturated carbocycles. The normalized spacial score (nSPS) is 11.8. The predicted octanol–water partition coefficient (Wildman–Crippen LogP) is 8.85. The van der Waals surface area contributed by atoms with Gasteiger partial charge in [-0.2, -0.15) is 0 Å². The van der Waals surface area contributed by atoms with Crippen LogP contribution in [0, 0.1) is 5.41 Å². The maximum Gasteiger partial charge on any atom is -0.0302 e. The third-order valence-electron chi connectivity index (χ3n) is 5.15. The maximum atomic E-state index is 3.87. The second kappa shape index (κ2) is 16.6. The summed E-state index contributed by atoms with van der Waals surface area (Å²) in [5.41, 5.74) is 0.471. The van der Waals surface area contributed by atoms with E-state index in [4.69, 9.17) is 0 Å². The Balaban J connectivity index is 3.12. The molecule has 0 radical (unpaired) electrons. The lowest BCUT2D eigenvalue weighted by Gasteiger charge is -2.22. The van der Waals surface area contributed by atoms with Gasteiger partial charge in [0.05, 0.1) is 0 Å². The summed E-state index contributed by atoms with van der Waals surface area (Å²) in [6, 6.07) is 0. The van der Waals surface area contributed by atoms with Crippen LogP contribution in [0.2, 0.25) is 0 Å². The molecule has 0 amide bonds. The largest absolute Gasteiger partial charge is 0.103 e. The highest BCUT2D eigenvalue weighted by Crippen LogP contribution is 2.28. The van der Waals surface area contributed by atoms with Gasteiger partial charge in [-0.05, 0) is 18.3 Å². The van der Waals surface area contributed by atoms with Crippen LogP contribution in [0.15, 0.2) is 12.7 Å². The van der Waals surface area contributed by atoms with E-state index in [0.717, 1.165) is 6.42 Å². The molecule has 0 aliphatic carbocycles. The molecule has 0 nitrogen and oxygen atoms in total. The summed E-state index contributed by atoms with van der Waals surface area (Å²) in [5, 5.41) is 0. The van der Waals surface area contributed by atoms with Crippen LogP contribution in [-0.2, 0) is 0 Å². The summed E-state index contributed by atoms with van der Waals surface area (Å²) < 4.78 is 0. The molecule has 0 rings (SSSR count). The van der Waals surface area contributed by atoms with Gasteiger partial charge in [-0.15, -0.1) is 6.58 Å². The van der Waals surface area contributed by atoms with E-state index >= 15 is 0 Å². The molecule has 0 heteroatoms. The van der Waals surface area contributed by atoms with E-state index in [9.17, 15) is 0 Å². The van der Waals surface area contributed by atoms with Crippen molar-refractivity contribution >= 4 is 0 Å². The molecule has 0 aliphatic heterocycles. The molecule has 0 unspecified atom stereocenters. The lowest BCUT2D eigenvalue weighted by Crippen LogP contribution is -2.09. The molecule has 0 atom stereocenters. The van der Waals surface area contributed by atoms with Crippen LogP contribution in [0.25, 0.3) is 0 Å². The Morgan fingerprint density at radius 1 is 0.609 bits per heavy atom. The number of hydrogen-bond acceptors (Lipinski definition) is 0. The predicted molar refractivity (Wildman–Crippen MR) is 108 cm³/mol. The highest BCUT2D eigenvalue weighted by Gasteiger charge is 2.14. The fourth-order valence-electron chi connectivity index (χ4n) is 3.47. The lowest BCUT2D eigenvalue weighted by atomic mass is 9.83. The van der Waals surface area contributed by atoms with E-state index < -0.39 is 0 Å². The SMILES string of the molecule is C=CCC(C)(C)CCCCCCCCCCCCCCCCC. The van der Waals surface area contributed by atoms with Gasteiger partial charge in [0.25, 0.3) is 0 Å². The van der Waals surface area contributed by atoms with Gasteiger partial charge in [0.2, 0.25) is 0 Å². The van der Waals surface area contributed by atoms with Gasteiger partial charge in [-0.25, -0.2) is 0 Å². The summed E-state index contributed by atoms with van der Waals surface area (Å²) in [5.74, 6) is 0. The van der Waals surface area contributed by atoms with Gasteiger partial charge >= 0.3 is 0 Å². The summed E-state index contributed by atoms with van der Waals surface area (Å²) in [6.45, 7) is 10.9. The van der Waals surface area contributed by atoms with Crippen molar-refractivity contribution in [3.8, 4) is 0 Å². The van der Waals surface area contributed by atoms with Crippen molar-refractivity contribution in [3.05, 3.63) is 12.7 Å². The Hall–Kier alpha value is -0.260. The first-order chi connectivity index (χ1) is 11.1. The van der Waals surface area contributed by atoms with Crippen LogP contribution < -0.4 is 0 Å². The van der Waals surface area contributed by atoms with Crippen molar-refractivity contribution in [1.29, 1.82) is 0 Å². The Bertz CT molecular complexity index is 238. The molecule has 0 aromatic rings. The smallest absolute Gasteiger partial charge is 0.0302 e. The fourth-order valence-corrected chi connectivity index (χ4v) is 3.47. The van der Waals surface area contributed by atoms with Gasteiger partial charge < -0.3 is 0 Å². The van der Waals surface area contributed by atoms with E-state index in [2.05, 4.69) is 33.4 Å². The molecule has 0 saturated heterocycles. The Kier molecular flexibility index (Phi) is 16.4. The van der Waals surface area contributed by atoms with Gasteiger partial charge in [0, 0.05) is 0 Å². The van der Waals surface area contributed by atoms with Gasteiger partial charge in [0.1, 0.15) is 0 Å². The minimum Gasteiger partial charge on any atom is -0.103 e. The lowest BCUT2D eigenvalue weighted by molar-refractivity contribution is 0.323. The molecule has 0 aromatic heterocycles. The quantitative estimate of drug-likeness (QED) is 0.174. The standard InChI is InChI=1S/C23H46/c1-5-7-8-9-10-11-12-13-14-15-16-17-18-19-20-22-23(3,4)21-6-2/h6H,2,5,7-22H2,1,3-4H3. The van der Waals surface area contributed by atoms with Crippen molar-refractivity contribution in [2.45, 2.75) is 130 Å². The van der Waals surface area contributed by atoms with E-state index in [1.165, 1.54) is 103 Å². The molecule has 0 aromatic carbocycles. The highest BCUT2D eigenvalue weighted by molar-refractivity contribution is 4.79. The summed E-state index contributed by atoms with van der Waals surface area (Å²) in [7, 11) is 0. The van der Waals surface area contributed by atoms with Crippen LogP contribution in [-0.4, -0.2) is 0 Å². The van der Waals surface area contributed by atoms with Crippen LogP contribution in [0.1, 0.15) is 130 Å². The number of rotatable bonds is 18. The number of hydrogen-bond donors (Lipinski definition) is 0. The van der Waals surface area contributed by atoms with Crippen molar-refractivity contribution in [1.82, 2.24) is 0 Å². The number of unbranched alkanes of at least 4 members (excludes halogenated alkanes) is 14. The third kappa shape index (κ3) is 17.9. The first-order valence-corrected chi connectivity index (χ1v) is 10.7. The molecule has 0 bridgehead atoms. The molecule has 0 N–H and O–H groups in total. The highest BCUT2D eigenvalue weighted by atomic mass is 14.2. The first-order valence-electron chi connectivity index (χ1n) is 10.7. The molecular weight excluding hydrogens is 276 g/mol.